The maximum atomic E-state index is 11.5. The van der Waals surface area contributed by atoms with E-state index >= 15 is 0 Å². The van der Waals surface area contributed by atoms with Crippen molar-refractivity contribution in [3.05, 3.63) is 23.7 Å². The first-order chi connectivity index (χ1) is 9.61. The van der Waals surface area contributed by atoms with Gasteiger partial charge in [0.2, 0.25) is 0 Å². The molecule has 0 spiro atoms. The van der Waals surface area contributed by atoms with Crippen molar-refractivity contribution in [3.63, 3.8) is 0 Å². The van der Waals surface area contributed by atoms with E-state index in [4.69, 9.17) is 10.2 Å². The van der Waals surface area contributed by atoms with Crippen molar-refractivity contribution in [3.8, 4) is 0 Å². The quantitative estimate of drug-likeness (QED) is 0.784. The minimum Gasteiger partial charge on any atom is -0.455 e. The van der Waals surface area contributed by atoms with Crippen LogP contribution in [0.3, 0.4) is 0 Å². The standard InChI is InChI=1S/C16H25NO3/c1-2-13(18)14-8-9-15(20-14)16(19)12(17)10-11-6-4-3-5-7-11/h8-9,11-12,16,19H,2-7,10,17H2,1H3/t12-,16+/m1/s1. The SMILES string of the molecule is CCC(=O)c1ccc([C@@H](O)[C@H](N)CC2CCCCC2)o1. The number of hydrogen-bond acceptors (Lipinski definition) is 4. The molecule has 3 N–H and O–H groups in total. The Kier molecular flexibility index (Phi) is 5.38. The van der Waals surface area contributed by atoms with Crippen LogP contribution in [0.4, 0.5) is 0 Å². The molecule has 112 valence electrons. The van der Waals surface area contributed by atoms with Gasteiger partial charge in [0.15, 0.2) is 11.5 Å². The number of carbonyl (C=O) groups is 1. The van der Waals surface area contributed by atoms with Gasteiger partial charge in [0.1, 0.15) is 11.9 Å². The van der Waals surface area contributed by atoms with Gasteiger partial charge in [0, 0.05) is 12.5 Å². The number of nitrogens with two attached hydrogens (primary N) is 1. The molecule has 0 aliphatic heterocycles. The zero-order valence-corrected chi connectivity index (χ0v) is 12.2. The molecule has 0 unspecified atom stereocenters. The van der Waals surface area contributed by atoms with Crippen LogP contribution < -0.4 is 5.73 Å². The van der Waals surface area contributed by atoms with Crippen molar-refractivity contribution < 1.29 is 14.3 Å². The molecule has 0 bridgehead atoms. The lowest BCUT2D eigenvalue weighted by molar-refractivity contribution is 0.0911. The van der Waals surface area contributed by atoms with Gasteiger partial charge >= 0.3 is 0 Å². The molecular weight excluding hydrogens is 254 g/mol. The highest BCUT2D eigenvalue weighted by molar-refractivity contribution is 5.93. The first-order valence-corrected chi connectivity index (χ1v) is 7.68. The molecule has 0 amide bonds. The van der Waals surface area contributed by atoms with Gasteiger partial charge in [-0.25, -0.2) is 0 Å². The lowest BCUT2D eigenvalue weighted by atomic mass is 9.84. The summed E-state index contributed by atoms with van der Waals surface area (Å²) in [7, 11) is 0. The average Bonchev–Trinajstić information content (AvgIpc) is 2.96. The number of hydrogen-bond donors (Lipinski definition) is 2. The monoisotopic (exact) mass is 279 g/mol. The zero-order chi connectivity index (χ0) is 14.5. The van der Waals surface area contributed by atoms with Gasteiger partial charge in [-0.1, -0.05) is 39.0 Å². The minimum absolute atomic E-state index is 0.0516. The number of carbonyl (C=O) groups excluding carboxylic acids is 1. The normalized spacial score (nSPS) is 19.8. The summed E-state index contributed by atoms with van der Waals surface area (Å²) in [5.74, 6) is 1.28. The molecule has 1 aliphatic rings. The fourth-order valence-corrected chi connectivity index (χ4v) is 2.98. The highest BCUT2D eigenvalue weighted by atomic mass is 16.4. The van der Waals surface area contributed by atoms with Gasteiger partial charge in [0.25, 0.3) is 0 Å². The number of aliphatic hydroxyl groups is 1. The van der Waals surface area contributed by atoms with E-state index < -0.39 is 6.10 Å². The van der Waals surface area contributed by atoms with Crippen LogP contribution in [0, 0.1) is 5.92 Å². The molecule has 0 saturated heterocycles. The van der Waals surface area contributed by atoms with E-state index in [9.17, 15) is 9.90 Å². The van der Waals surface area contributed by atoms with Crippen LogP contribution in [-0.2, 0) is 0 Å². The fraction of sp³-hybridized carbons (Fsp3) is 0.688. The summed E-state index contributed by atoms with van der Waals surface area (Å²) < 4.78 is 5.43. The van der Waals surface area contributed by atoms with Gasteiger partial charge in [-0.05, 0) is 24.5 Å². The molecule has 1 aromatic heterocycles. The van der Waals surface area contributed by atoms with E-state index in [2.05, 4.69) is 0 Å². The molecule has 1 heterocycles. The maximum absolute atomic E-state index is 11.5. The molecule has 0 radical (unpaired) electrons. The van der Waals surface area contributed by atoms with Crippen LogP contribution in [0.1, 0.15) is 74.3 Å². The summed E-state index contributed by atoms with van der Waals surface area (Å²) in [6, 6.07) is 2.96. The Hall–Kier alpha value is -1.13. The van der Waals surface area contributed by atoms with Crippen molar-refractivity contribution >= 4 is 5.78 Å². The Morgan fingerprint density at radius 3 is 2.75 bits per heavy atom. The topological polar surface area (TPSA) is 76.5 Å². The lowest BCUT2D eigenvalue weighted by Gasteiger charge is -2.26. The average molecular weight is 279 g/mol. The van der Waals surface area contributed by atoms with Gasteiger partial charge in [-0.15, -0.1) is 0 Å². The van der Waals surface area contributed by atoms with Crippen molar-refractivity contribution in [1.29, 1.82) is 0 Å². The van der Waals surface area contributed by atoms with E-state index in [0.29, 0.717) is 23.9 Å². The van der Waals surface area contributed by atoms with Gasteiger partial charge < -0.3 is 15.3 Å². The Morgan fingerprint density at radius 2 is 2.10 bits per heavy atom. The van der Waals surface area contributed by atoms with E-state index in [0.717, 1.165) is 6.42 Å². The zero-order valence-electron chi connectivity index (χ0n) is 12.2. The minimum atomic E-state index is -0.824. The number of ketones is 1. The Labute approximate surface area is 120 Å². The number of rotatable bonds is 6. The molecule has 1 fully saturated rings. The number of aliphatic hydroxyl groups excluding tert-OH is 1. The van der Waals surface area contributed by atoms with Crippen molar-refractivity contribution in [2.45, 2.75) is 64.0 Å². The summed E-state index contributed by atoms with van der Waals surface area (Å²) in [5, 5.41) is 10.3. The summed E-state index contributed by atoms with van der Waals surface area (Å²) in [6.45, 7) is 1.79. The Morgan fingerprint density at radius 1 is 1.40 bits per heavy atom. The second-order valence-corrected chi connectivity index (χ2v) is 5.83. The summed E-state index contributed by atoms with van der Waals surface area (Å²) in [6.07, 6.45) is 6.66. The molecule has 0 aromatic carbocycles. The van der Waals surface area contributed by atoms with Gasteiger partial charge in [0.05, 0.1) is 0 Å². The molecule has 1 aliphatic carbocycles. The second kappa shape index (κ2) is 7.04. The van der Waals surface area contributed by atoms with Gasteiger partial charge in [-0.3, -0.25) is 4.79 Å². The van der Waals surface area contributed by atoms with Crippen molar-refractivity contribution in [2.75, 3.05) is 0 Å². The predicted octanol–water partition coefficient (Wildman–Crippen LogP) is 3.20. The number of Topliss-reactive ketones (excluding diaryl/α,β-unsaturated/α-hetero) is 1. The van der Waals surface area contributed by atoms with E-state index in [1.807, 2.05) is 0 Å². The fourth-order valence-electron chi connectivity index (χ4n) is 2.98. The third-order valence-corrected chi connectivity index (χ3v) is 4.25. The van der Waals surface area contributed by atoms with E-state index in [1.54, 1.807) is 19.1 Å². The Balaban J connectivity index is 1.93. The highest BCUT2D eigenvalue weighted by Gasteiger charge is 2.25. The molecule has 1 saturated carbocycles. The van der Waals surface area contributed by atoms with Crippen LogP contribution in [0.5, 0.6) is 0 Å². The highest BCUT2D eigenvalue weighted by Crippen LogP contribution is 2.30. The molecule has 4 nitrogen and oxygen atoms in total. The van der Waals surface area contributed by atoms with Crippen LogP contribution in [-0.4, -0.2) is 16.9 Å². The summed E-state index contributed by atoms with van der Waals surface area (Å²) in [4.78, 5) is 11.5. The first kappa shape index (κ1) is 15.3. The molecule has 2 atom stereocenters. The van der Waals surface area contributed by atoms with Crippen molar-refractivity contribution in [2.24, 2.45) is 11.7 Å². The van der Waals surface area contributed by atoms with E-state index in [-0.39, 0.29) is 11.8 Å². The van der Waals surface area contributed by atoms with Crippen LogP contribution in [0.25, 0.3) is 0 Å². The summed E-state index contributed by atoms with van der Waals surface area (Å²) in [5.41, 5.74) is 6.10. The molecule has 1 aromatic rings. The van der Waals surface area contributed by atoms with E-state index in [1.165, 1.54) is 32.1 Å². The largest absolute Gasteiger partial charge is 0.455 e. The molecule has 2 rings (SSSR count). The van der Waals surface area contributed by atoms with Crippen LogP contribution >= 0.6 is 0 Å². The molecule has 4 heteroatoms. The van der Waals surface area contributed by atoms with Gasteiger partial charge in [-0.2, -0.15) is 0 Å². The maximum Gasteiger partial charge on any atom is 0.197 e. The summed E-state index contributed by atoms with van der Waals surface area (Å²) >= 11 is 0. The smallest absolute Gasteiger partial charge is 0.197 e. The predicted molar refractivity (Wildman–Crippen MR) is 77.5 cm³/mol. The lowest BCUT2D eigenvalue weighted by Crippen LogP contribution is -2.31. The molecular formula is C16H25NO3. The van der Waals surface area contributed by atoms with Crippen molar-refractivity contribution in [1.82, 2.24) is 0 Å². The third-order valence-electron chi connectivity index (χ3n) is 4.25. The third kappa shape index (κ3) is 3.70. The first-order valence-electron chi connectivity index (χ1n) is 7.68. The van der Waals surface area contributed by atoms with Crippen LogP contribution in [0.15, 0.2) is 16.5 Å². The van der Waals surface area contributed by atoms with Crippen LogP contribution in [0.2, 0.25) is 0 Å². The second-order valence-electron chi connectivity index (χ2n) is 5.83. The number of furan rings is 1. The Bertz CT molecular complexity index is 435. The molecule has 20 heavy (non-hydrogen) atoms.